The Hall–Kier alpha value is -1.62. The lowest BCUT2D eigenvalue weighted by molar-refractivity contribution is 0.0679. The van der Waals surface area contributed by atoms with Crippen LogP contribution in [0.15, 0.2) is 33.3 Å². The molecule has 1 unspecified atom stereocenters. The van der Waals surface area contributed by atoms with E-state index in [0.29, 0.717) is 11.3 Å². The fourth-order valence-corrected chi connectivity index (χ4v) is 3.54. The topological polar surface area (TPSA) is 46.6 Å². The summed E-state index contributed by atoms with van der Waals surface area (Å²) in [5.74, 6) is 4.26. The molecule has 0 N–H and O–H groups in total. The normalized spacial score (nSPS) is 19.3. The quantitative estimate of drug-likeness (QED) is 0.850. The molecule has 106 valence electrons. The number of nitrogens with zero attached hydrogens (tertiary/aromatic N) is 1. The molecule has 2 aromatic heterocycles. The van der Waals surface area contributed by atoms with Gasteiger partial charge >= 0.3 is 0 Å². The Morgan fingerprint density at radius 2 is 2.20 bits per heavy atom. The van der Waals surface area contributed by atoms with E-state index in [4.69, 9.17) is 8.83 Å². The number of furan rings is 2. The van der Waals surface area contributed by atoms with Gasteiger partial charge in [0.1, 0.15) is 17.3 Å². The maximum atomic E-state index is 12.7. The largest absolute Gasteiger partial charge is 0.469 e. The van der Waals surface area contributed by atoms with Crippen molar-refractivity contribution in [1.29, 1.82) is 0 Å². The average Bonchev–Trinajstić information content (AvgIpc) is 3.07. The molecule has 1 aliphatic heterocycles. The fourth-order valence-electron chi connectivity index (χ4n) is 2.48. The maximum Gasteiger partial charge on any atom is 0.258 e. The summed E-state index contributed by atoms with van der Waals surface area (Å²) < 4.78 is 11.0. The highest BCUT2D eigenvalue weighted by atomic mass is 32.2. The molecule has 5 heteroatoms. The molecule has 2 aromatic rings. The van der Waals surface area contributed by atoms with Gasteiger partial charge in [-0.2, -0.15) is 11.8 Å². The number of thioether (sulfide) groups is 1. The third-order valence-corrected chi connectivity index (χ3v) is 4.59. The van der Waals surface area contributed by atoms with Crippen LogP contribution in [0.5, 0.6) is 0 Å². The van der Waals surface area contributed by atoms with Gasteiger partial charge in [0.2, 0.25) is 0 Å². The number of carbonyl (C=O) groups excluding carboxylic acids is 1. The molecule has 20 heavy (non-hydrogen) atoms. The summed E-state index contributed by atoms with van der Waals surface area (Å²) in [5, 5.41) is 0. The number of rotatable bonds is 2. The van der Waals surface area contributed by atoms with Gasteiger partial charge < -0.3 is 13.7 Å². The summed E-state index contributed by atoms with van der Waals surface area (Å²) in [4.78, 5) is 14.6. The number of aryl methyl sites for hydroxylation is 2. The van der Waals surface area contributed by atoms with Gasteiger partial charge in [-0.15, -0.1) is 0 Å². The zero-order valence-corrected chi connectivity index (χ0v) is 12.4. The molecule has 0 spiro atoms. The SMILES string of the molecule is Cc1ccc(C2CSCCN2C(=O)c2ccoc2C)o1. The number of hydrogen-bond acceptors (Lipinski definition) is 4. The second-order valence-electron chi connectivity index (χ2n) is 4.93. The summed E-state index contributed by atoms with van der Waals surface area (Å²) in [6.45, 7) is 4.47. The van der Waals surface area contributed by atoms with Crippen LogP contribution in [0.3, 0.4) is 0 Å². The van der Waals surface area contributed by atoms with Gasteiger partial charge in [-0.05, 0) is 32.0 Å². The number of hydrogen-bond donors (Lipinski definition) is 0. The Morgan fingerprint density at radius 3 is 2.85 bits per heavy atom. The molecule has 0 aliphatic carbocycles. The van der Waals surface area contributed by atoms with E-state index in [-0.39, 0.29) is 11.9 Å². The van der Waals surface area contributed by atoms with E-state index in [1.165, 1.54) is 0 Å². The van der Waals surface area contributed by atoms with Crippen molar-refractivity contribution in [3.63, 3.8) is 0 Å². The molecule has 1 saturated heterocycles. The Morgan fingerprint density at radius 1 is 1.35 bits per heavy atom. The molecule has 4 nitrogen and oxygen atoms in total. The van der Waals surface area contributed by atoms with Crippen LogP contribution < -0.4 is 0 Å². The molecule has 0 radical (unpaired) electrons. The lowest BCUT2D eigenvalue weighted by Crippen LogP contribution is -2.40. The molecule has 3 heterocycles. The molecule has 1 aliphatic rings. The summed E-state index contributed by atoms with van der Waals surface area (Å²) >= 11 is 1.85. The Labute approximate surface area is 122 Å². The van der Waals surface area contributed by atoms with Crippen molar-refractivity contribution in [2.75, 3.05) is 18.1 Å². The van der Waals surface area contributed by atoms with Crippen molar-refractivity contribution in [2.45, 2.75) is 19.9 Å². The smallest absolute Gasteiger partial charge is 0.258 e. The van der Waals surface area contributed by atoms with Gasteiger partial charge in [-0.3, -0.25) is 4.79 Å². The van der Waals surface area contributed by atoms with Crippen LogP contribution in [0.1, 0.15) is 33.7 Å². The predicted molar refractivity (Wildman–Crippen MR) is 78.0 cm³/mol. The minimum Gasteiger partial charge on any atom is -0.469 e. The van der Waals surface area contributed by atoms with Gasteiger partial charge in [-0.25, -0.2) is 0 Å². The van der Waals surface area contributed by atoms with Crippen LogP contribution in [0.4, 0.5) is 0 Å². The molecule has 0 bridgehead atoms. The highest BCUT2D eigenvalue weighted by Gasteiger charge is 2.32. The second kappa shape index (κ2) is 5.40. The molecular weight excluding hydrogens is 274 g/mol. The standard InChI is InChI=1S/C15H17NO3S/c1-10-3-4-14(19-10)13-9-20-8-6-16(13)15(17)12-5-7-18-11(12)2/h3-5,7,13H,6,8-9H2,1-2H3. The van der Waals surface area contributed by atoms with Crippen molar-refractivity contribution in [3.8, 4) is 0 Å². The Balaban J connectivity index is 1.89. The van der Waals surface area contributed by atoms with Crippen molar-refractivity contribution >= 4 is 17.7 Å². The van der Waals surface area contributed by atoms with Crippen molar-refractivity contribution < 1.29 is 13.6 Å². The summed E-state index contributed by atoms with van der Waals surface area (Å²) in [5.41, 5.74) is 0.644. The predicted octanol–water partition coefficient (Wildman–Crippen LogP) is 3.42. The highest BCUT2D eigenvalue weighted by molar-refractivity contribution is 7.99. The van der Waals surface area contributed by atoms with Gasteiger partial charge in [0, 0.05) is 18.1 Å². The van der Waals surface area contributed by atoms with E-state index < -0.39 is 0 Å². The molecule has 0 saturated carbocycles. The molecule has 3 rings (SSSR count). The average molecular weight is 291 g/mol. The zero-order chi connectivity index (χ0) is 14.1. The summed E-state index contributed by atoms with van der Waals surface area (Å²) in [7, 11) is 0. The van der Waals surface area contributed by atoms with Crippen molar-refractivity contribution in [3.05, 3.63) is 47.3 Å². The van der Waals surface area contributed by atoms with Crippen LogP contribution in [0, 0.1) is 13.8 Å². The first-order valence-corrected chi connectivity index (χ1v) is 7.81. The molecule has 1 atom stereocenters. The van der Waals surface area contributed by atoms with Crippen LogP contribution in [-0.2, 0) is 0 Å². The van der Waals surface area contributed by atoms with Gasteiger partial charge in [-0.1, -0.05) is 0 Å². The third kappa shape index (κ3) is 2.38. The van der Waals surface area contributed by atoms with Crippen LogP contribution >= 0.6 is 11.8 Å². The van der Waals surface area contributed by atoms with Crippen LogP contribution in [-0.4, -0.2) is 28.9 Å². The monoisotopic (exact) mass is 291 g/mol. The summed E-state index contributed by atoms with van der Waals surface area (Å²) in [6.07, 6.45) is 1.56. The molecule has 0 aromatic carbocycles. The third-order valence-electron chi connectivity index (χ3n) is 3.57. The maximum absolute atomic E-state index is 12.7. The van der Waals surface area contributed by atoms with Gasteiger partial charge in [0.25, 0.3) is 5.91 Å². The first-order valence-electron chi connectivity index (χ1n) is 6.66. The molecule has 1 amide bonds. The first-order chi connectivity index (χ1) is 9.66. The van der Waals surface area contributed by atoms with Crippen LogP contribution in [0.25, 0.3) is 0 Å². The fraction of sp³-hybridized carbons (Fsp3) is 0.400. The van der Waals surface area contributed by atoms with E-state index in [9.17, 15) is 4.79 Å². The zero-order valence-electron chi connectivity index (χ0n) is 11.6. The van der Waals surface area contributed by atoms with Crippen molar-refractivity contribution in [1.82, 2.24) is 4.90 Å². The Kier molecular flexibility index (Phi) is 3.61. The first kappa shape index (κ1) is 13.4. The summed E-state index contributed by atoms with van der Waals surface area (Å²) in [6, 6.07) is 5.66. The second-order valence-corrected chi connectivity index (χ2v) is 6.08. The lowest BCUT2D eigenvalue weighted by Gasteiger charge is -2.34. The Bertz CT molecular complexity index is 616. The van der Waals surface area contributed by atoms with E-state index in [1.807, 2.05) is 42.6 Å². The van der Waals surface area contributed by atoms with E-state index in [0.717, 1.165) is 29.6 Å². The van der Waals surface area contributed by atoms with E-state index in [2.05, 4.69) is 0 Å². The number of carbonyl (C=O) groups is 1. The van der Waals surface area contributed by atoms with Gasteiger partial charge in [0.15, 0.2) is 0 Å². The molecular formula is C15H17NO3S. The van der Waals surface area contributed by atoms with E-state index >= 15 is 0 Å². The highest BCUT2D eigenvalue weighted by Crippen LogP contribution is 2.32. The minimum absolute atomic E-state index is 0.00394. The number of amides is 1. The molecule has 1 fully saturated rings. The van der Waals surface area contributed by atoms with Gasteiger partial charge in [0.05, 0.1) is 17.9 Å². The van der Waals surface area contributed by atoms with Crippen molar-refractivity contribution in [2.24, 2.45) is 0 Å². The van der Waals surface area contributed by atoms with Crippen LogP contribution in [0.2, 0.25) is 0 Å². The minimum atomic E-state index is 0.00394. The van der Waals surface area contributed by atoms with E-state index in [1.54, 1.807) is 12.3 Å². The lowest BCUT2D eigenvalue weighted by atomic mass is 10.1.